The first-order chi connectivity index (χ1) is 9.26. The van der Waals surface area contributed by atoms with E-state index in [-0.39, 0.29) is 19.4 Å². The molecule has 114 valence electrons. The van der Waals surface area contributed by atoms with Gasteiger partial charge in [-0.05, 0) is 19.3 Å². The lowest BCUT2D eigenvalue weighted by Gasteiger charge is -2.31. The predicted molar refractivity (Wildman–Crippen MR) is 65.9 cm³/mol. The highest BCUT2D eigenvalue weighted by Gasteiger charge is 2.39. The zero-order valence-corrected chi connectivity index (χ0v) is 11.2. The quantitative estimate of drug-likeness (QED) is 0.792. The second-order valence-electron chi connectivity index (χ2n) is 4.87. The Labute approximate surface area is 115 Å². The van der Waals surface area contributed by atoms with Crippen LogP contribution in [0, 0.1) is 11.8 Å². The highest BCUT2D eigenvalue weighted by Crippen LogP contribution is 2.29. The molecule has 2 unspecified atom stereocenters. The number of allylic oxidation sites excluding steroid dienone is 2. The SMILES string of the molecule is CCCN(CC(F)(F)F)C(=O)C1CC=CCC1C(=O)O. The second kappa shape index (κ2) is 6.76. The Kier molecular flexibility index (Phi) is 5.59. The average molecular weight is 293 g/mol. The summed E-state index contributed by atoms with van der Waals surface area (Å²) in [5, 5.41) is 9.07. The summed E-state index contributed by atoms with van der Waals surface area (Å²) in [4.78, 5) is 24.0. The second-order valence-corrected chi connectivity index (χ2v) is 4.87. The third-order valence-electron chi connectivity index (χ3n) is 3.24. The molecule has 0 aliphatic heterocycles. The number of rotatable bonds is 5. The molecule has 1 N–H and O–H groups in total. The summed E-state index contributed by atoms with van der Waals surface area (Å²) in [7, 11) is 0. The first-order valence-corrected chi connectivity index (χ1v) is 6.49. The standard InChI is InChI=1S/C13H18F3NO3/c1-2-7-17(8-13(14,15)16)11(18)9-5-3-4-6-10(9)12(19)20/h3-4,9-10H,2,5-8H2,1H3,(H,19,20). The Morgan fingerprint density at radius 3 is 2.25 bits per heavy atom. The van der Waals surface area contributed by atoms with E-state index in [1.165, 1.54) is 0 Å². The zero-order valence-electron chi connectivity index (χ0n) is 11.2. The third-order valence-corrected chi connectivity index (χ3v) is 3.24. The highest BCUT2D eigenvalue weighted by molar-refractivity contribution is 5.85. The van der Waals surface area contributed by atoms with Crippen LogP contribution in [0.5, 0.6) is 0 Å². The lowest BCUT2D eigenvalue weighted by molar-refractivity contribution is -0.166. The summed E-state index contributed by atoms with van der Waals surface area (Å²) in [5.41, 5.74) is 0. The maximum Gasteiger partial charge on any atom is 0.406 e. The fraction of sp³-hybridized carbons (Fsp3) is 0.692. The lowest BCUT2D eigenvalue weighted by atomic mass is 9.82. The molecule has 20 heavy (non-hydrogen) atoms. The van der Waals surface area contributed by atoms with Crippen LogP contribution in [0.1, 0.15) is 26.2 Å². The number of amides is 1. The van der Waals surface area contributed by atoms with Gasteiger partial charge in [0.25, 0.3) is 0 Å². The van der Waals surface area contributed by atoms with E-state index in [1.807, 2.05) is 0 Å². The van der Waals surface area contributed by atoms with E-state index in [0.717, 1.165) is 4.90 Å². The molecule has 1 aliphatic rings. The van der Waals surface area contributed by atoms with Gasteiger partial charge in [-0.25, -0.2) is 0 Å². The first-order valence-electron chi connectivity index (χ1n) is 6.49. The number of carbonyl (C=O) groups excluding carboxylic acids is 1. The Hall–Kier alpha value is -1.53. The molecule has 2 atom stereocenters. The van der Waals surface area contributed by atoms with Gasteiger partial charge >= 0.3 is 12.1 Å². The van der Waals surface area contributed by atoms with Crippen LogP contribution in [-0.2, 0) is 9.59 Å². The molecule has 0 aromatic heterocycles. The molecule has 1 aliphatic carbocycles. The number of alkyl halides is 3. The van der Waals surface area contributed by atoms with Crippen molar-refractivity contribution in [1.29, 1.82) is 0 Å². The molecule has 0 aromatic rings. The Morgan fingerprint density at radius 1 is 1.25 bits per heavy atom. The highest BCUT2D eigenvalue weighted by atomic mass is 19.4. The van der Waals surface area contributed by atoms with E-state index in [0.29, 0.717) is 6.42 Å². The molecule has 4 nitrogen and oxygen atoms in total. The Balaban J connectivity index is 2.87. The number of aliphatic carboxylic acids is 1. The molecule has 0 heterocycles. The van der Waals surface area contributed by atoms with Crippen LogP contribution in [0.3, 0.4) is 0 Å². The number of halogens is 3. The fourth-order valence-corrected chi connectivity index (χ4v) is 2.35. The molecule has 1 amide bonds. The Bertz CT molecular complexity index is 393. The van der Waals surface area contributed by atoms with Crippen LogP contribution < -0.4 is 0 Å². The zero-order chi connectivity index (χ0) is 15.3. The third kappa shape index (κ3) is 4.54. The molecular weight excluding hydrogens is 275 g/mol. The van der Waals surface area contributed by atoms with E-state index in [1.54, 1.807) is 19.1 Å². The molecule has 0 radical (unpaired) electrons. The summed E-state index contributed by atoms with van der Waals surface area (Å²) in [6.45, 7) is 0.323. The van der Waals surface area contributed by atoms with Crippen LogP contribution in [0.2, 0.25) is 0 Å². The van der Waals surface area contributed by atoms with E-state index in [4.69, 9.17) is 5.11 Å². The van der Waals surface area contributed by atoms with Gasteiger partial charge in [0.2, 0.25) is 5.91 Å². The van der Waals surface area contributed by atoms with Crippen molar-refractivity contribution in [3.63, 3.8) is 0 Å². The molecule has 0 bridgehead atoms. The number of hydrogen-bond donors (Lipinski definition) is 1. The average Bonchev–Trinajstić information content (AvgIpc) is 2.36. The summed E-state index contributed by atoms with van der Waals surface area (Å²) in [5.74, 6) is -3.72. The molecular formula is C13H18F3NO3. The van der Waals surface area contributed by atoms with Gasteiger partial charge in [-0.2, -0.15) is 13.2 Å². The topological polar surface area (TPSA) is 57.6 Å². The van der Waals surface area contributed by atoms with Gasteiger partial charge in [-0.3, -0.25) is 9.59 Å². The minimum absolute atomic E-state index is 0.0229. The summed E-state index contributed by atoms with van der Waals surface area (Å²) < 4.78 is 37.5. The van der Waals surface area contributed by atoms with Gasteiger partial charge in [0.15, 0.2) is 0 Å². The molecule has 0 spiro atoms. The van der Waals surface area contributed by atoms with Crippen molar-refractivity contribution in [3.05, 3.63) is 12.2 Å². The van der Waals surface area contributed by atoms with E-state index in [9.17, 15) is 22.8 Å². The maximum absolute atomic E-state index is 12.5. The largest absolute Gasteiger partial charge is 0.481 e. The van der Waals surface area contributed by atoms with Gasteiger partial charge < -0.3 is 10.0 Å². The van der Waals surface area contributed by atoms with Gasteiger partial charge in [-0.15, -0.1) is 0 Å². The minimum atomic E-state index is -4.48. The normalized spacial score (nSPS) is 22.6. The molecule has 0 fully saturated rings. The predicted octanol–water partition coefficient (Wildman–Crippen LogP) is 2.45. The molecule has 1 rings (SSSR count). The van der Waals surface area contributed by atoms with Crippen molar-refractivity contribution in [1.82, 2.24) is 4.90 Å². The molecule has 0 saturated heterocycles. The van der Waals surface area contributed by atoms with Gasteiger partial charge in [-0.1, -0.05) is 19.1 Å². The van der Waals surface area contributed by atoms with E-state index < -0.39 is 36.4 Å². The van der Waals surface area contributed by atoms with Crippen molar-refractivity contribution in [2.75, 3.05) is 13.1 Å². The summed E-state index contributed by atoms with van der Waals surface area (Å²) >= 11 is 0. The van der Waals surface area contributed by atoms with Crippen LogP contribution in [0.25, 0.3) is 0 Å². The summed E-state index contributed by atoms with van der Waals surface area (Å²) in [6, 6.07) is 0. The monoisotopic (exact) mass is 293 g/mol. The summed E-state index contributed by atoms with van der Waals surface area (Å²) in [6.07, 6.45) is -0.433. The first kappa shape index (κ1) is 16.5. The van der Waals surface area contributed by atoms with E-state index in [2.05, 4.69) is 0 Å². The van der Waals surface area contributed by atoms with Crippen molar-refractivity contribution in [3.8, 4) is 0 Å². The van der Waals surface area contributed by atoms with Crippen molar-refractivity contribution >= 4 is 11.9 Å². The van der Waals surface area contributed by atoms with E-state index >= 15 is 0 Å². The van der Waals surface area contributed by atoms with Crippen molar-refractivity contribution in [2.24, 2.45) is 11.8 Å². The van der Waals surface area contributed by atoms with Crippen LogP contribution in [-0.4, -0.2) is 41.1 Å². The molecule has 0 aromatic carbocycles. The number of hydrogen-bond acceptors (Lipinski definition) is 2. The van der Waals surface area contributed by atoms with Gasteiger partial charge in [0.05, 0.1) is 11.8 Å². The maximum atomic E-state index is 12.5. The number of nitrogens with zero attached hydrogens (tertiary/aromatic N) is 1. The smallest absolute Gasteiger partial charge is 0.406 e. The van der Waals surface area contributed by atoms with Crippen molar-refractivity contribution < 1.29 is 27.9 Å². The van der Waals surface area contributed by atoms with Gasteiger partial charge in [0, 0.05) is 6.54 Å². The molecule has 7 heteroatoms. The van der Waals surface area contributed by atoms with Crippen molar-refractivity contribution in [2.45, 2.75) is 32.4 Å². The molecule has 0 saturated carbocycles. The van der Waals surface area contributed by atoms with Crippen LogP contribution >= 0.6 is 0 Å². The number of carboxylic acids is 1. The lowest BCUT2D eigenvalue weighted by Crippen LogP contribution is -2.45. The fourth-order valence-electron chi connectivity index (χ4n) is 2.35. The minimum Gasteiger partial charge on any atom is -0.481 e. The van der Waals surface area contributed by atoms with Crippen LogP contribution in [0.4, 0.5) is 13.2 Å². The van der Waals surface area contributed by atoms with Gasteiger partial charge in [0.1, 0.15) is 6.54 Å². The Morgan fingerprint density at radius 2 is 1.80 bits per heavy atom. The number of carbonyl (C=O) groups is 2. The van der Waals surface area contributed by atoms with Crippen LogP contribution in [0.15, 0.2) is 12.2 Å². The number of carboxylic acid groups (broad SMARTS) is 1.